The molecule has 1 unspecified atom stereocenters. The molecule has 0 saturated heterocycles. The molecule has 19 heavy (non-hydrogen) atoms. The number of allylic oxidation sites excluding steroid dienone is 4. The third-order valence-corrected chi connectivity index (χ3v) is 4.10. The maximum atomic E-state index is 13.3. The van der Waals surface area contributed by atoms with E-state index >= 15 is 0 Å². The molecule has 1 aromatic heterocycles. The highest BCUT2D eigenvalue weighted by Crippen LogP contribution is 2.31. The lowest BCUT2D eigenvalue weighted by atomic mass is 9.98. The lowest BCUT2D eigenvalue weighted by Gasteiger charge is -2.21. The molecule has 0 N–H and O–H groups in total. The Morgan fingerprint density at radius 2 is 2.11 bits per heavy atom. The average molecular weight is 343 g/mol. The van der Waals surface area contributed by atoms with Crippen molar-refractivity contribution in [2.75, 3.05) is 0 Å². The fourth-order valence-electron chi connectivity index (χ4n) is 1.74. The highest BCUT2D eigenvalue weighted by molar-refractivity contribution is 7.81. The van der Waals surface area contributed by atoms with Crippen LogP contribution < -0.4 is 5.69 Å². The quantitative estimate of drug-likeness (QED) is 0.612. The fraction of sp³-hybridized carbons (Fsp3) is 0.300. The SMILES string of the molecule is CC1C(=S)C(Cl)=CC=C1n1c(C(Cl)Cl)nn(F)c1=O. The molecule has 1 aliphatic rings. The molecule has 0 bridgehead atoms. The zero-order valence-corrected chi connectivity index (χ0v) is 12.6. The zero-order chi connectivity index (χ0) is 14.3. The minimum atomic E-state index is -1.15. The van der Waals surface area contributed by atoms with Crippen molar-refractivity contribution in [1.29, 1.82) is 0 Å². The first-order valence-corrected chi connectivity index (χ1v) is 6.78. The summed E-state index contributed by atoms with van der Waals surface area (Å²) in [7, 11) is 0. The first-order valence-electron chi connectivity index (χ1n) is 5.12. The fourth-order valence-corrected chi connectivity index (χ4v) is 2.43. The Labute approximate surface area is 128 Å². The van der Waals surface area contributed by atoms with Crippen molar-refractivity contribution in [1.82, 2.24) is 14.6 Å². The topological polar surface area (TPSA) is 39.8 Å². The monoisotopic (exact) mass is 341 g/mol. The van der Waals surface area contributed by atoms with Crippen molar-refractivity contribution in [2.24, 2.45) is 5.92 Å². The number of alkyl halides is 2. The van der Waals surface area contributed by atoms with E-state index in [0.29, 0.717) is 15.6 Å². The van der Waals surface area contributed by atoms with E-state index in [2.05, 4.69) is 5.10 Å². The summed E-state index contributed by atoms with van der Waals surface area (Å²) in [5.74, 6) is -0.469. The summed E-state index contributed by atoms with van der Waals surface area (Å²) in [6, 6.07) is 0. The molecular weight excluding hydrogens is 336 g/mol. The highest BCUT2D eigenvalue weighted by Gasteiger charge is 2.28. The minimum absolute atomic E-state index is 0.108. The van der Waals surface area contributed by atoms with Gasteiger partial charge in [-0.1, -0.05) is 58.4 Å². The van der Waals surface area contributed by atoms with Crippen molar-refractivity contribution in [2.45, 2.75) is 11.8 Å². The Balaban J connectivity index is 2.66. The summed E-state index contributed by atoms with van der Waals surface area (Å²) >= 11 is 22.4. The molecule has 1 atom stereocenters. The molecule has 0 radical (unpaired) electrons. The van der Waals surface area contributed by atoms with Gasteiger partial charge < -0.3 is 0 Å². The average Bonchev–Trinajstić information content (AvgIpc) is 2.64. The Morgan fingerprint density at radius 1 is 1.47 bits per heavy atom. The predicted octanol–water partition coefficient (Wildman–Crippen LogP) is 3.24. The van der Waals surface area contributed by atoms with E-state index in [1.807, 2.05) is 0 Å². The molecule has 0 saturated carbocycles. The molecule has 4 nitrogen and oxygen atoms in total. The van der Waals surface area contributed by atoms with E-state index in [0.717, 1.165) is 4.57 Å². The standard InChI is InChI=1S/C10H7Cl3FN3OS/c1-4-6(3-2-5(11)7(4)19)16-9(8(12)13)15-17(14)10(16)18/h2-4,8H,1H3. The van der Waals surface area contributed by atoms with Gasteiger partial charge in [-0.3, -0.25) is 0 Å². The number of halogens is 4. The molecule has 1 aromatic rings. The van der Waals surface area contributed by atoms with E-state index in [1.165, 1.54) is 6.08 Å². The summed E-state index contributed by atoms with van der Waals surface area (Å²) in [5.41, 5.74) is -0.571. The van der Waals surface area contributed by atoms with Crippen molar-refractivity contribution >= 4 is 57.6 Å². The van der Waals surface area contributed by atoms with Crippen molar-refractivity contribution < 1.29 is 4.48 Å². The van der Waals surface area contributed by atoms with Gasteiger partial charge in [-0.15, -0.1) is 5.10 Å². The second kappa shape index (κ2) is 5.36. The second-order valence-electron chi connectivity index (χ2n) is 3.83. The Kier molecular flexibility index (Phi) is 4.15. The lowest BCUT2D eigenvalue weighted by molar-refractivity contribution is 0.299. The van der Waals surface area contributed by atoms with Gasteiger partial charge in [0.2, 0.25) is 0 Å². The first-order chi connectivity index (χ1) is 8.84. The number of hydrogen-bond donors (Lipinski definition) is 0. The molecule has 9 heteroatoms. The lowest BCUT2D eigenvalue weighted by Crippen LogP contribution is -2.27. The van der Waals surface area contributed by atoms with Crippen LogP contribution in [0.15, 0.2) is 22.0 Å². The summed E-state index contributed by atoms with van der Waals surface area (Å²) in [6.45, 7) is 1.74. The van der Waals surface area contributed by atoms with Gasteiger partial charge in [-0.05, 0) is 17.1 Å². The van der Waals surface area contributed by atoms with Gasteiger partial charge in [-0.25, -0.2) is 9.36 Å². The number of rotatable bonds is 2. The summed E-state index contributed by atoms with van der Waals surface area (Å²) < 4.78 is 14.3. The number of thiocarbonyl (C=S) groups is 1. The van der Waals surface area contributed by atoms with E-state index in [-0.39, 0.29) is 16.6 Å². The maximum absolute atomic E-state index is 13.3. The van der Waals surface area contributed by atoms with Gasteiger partial charge in [0, 0.05) is 16.5 Å². The molecule has 0 aliphatic heterocycles. The second-order valence-corrected chi connectivity index (χ2v) is 5.77. The van der Waals surface area contributed by atoms with Gasteiger partial charge in [0.15, 0.2) is 10.7 Å². The van der Waals surface area contributed by atoms with Crippen molar-refractivity contribution in [3.8, 4) is 0 Å². The molecule has 0 amide bonds. The summed E-state index contributed by atoms with van der Waals surface area (Å²) in [6.07, 6.45) is 3.09. The van der Waals surface area contributed by atoms with Crippen LogP contribution in [0.3, 0.4) is 0 Å². The van der Waals surface area contributed by atoms with Gasteiger partial charge in [0.05, 0.1) is 5.03 Å². The molecule has 1 aliphatic carbocycles. The van der Waals surface area contributed by atoms with E-state index in [9.17, 15) is 9.28 Å². The summed E-state index contributed by atoms with van der Waals surface area (Å²) in [5, 5.41) is 3.77. The van der Waals surface area contributed by atoms with Crippen LogP contribution in [0.5, 0.6) is 0 Å². The largest absolute Gasteiger partial charge is 0.379 e. The van der Waals surface area contributed by atoms with Gasteiger partial charge in [-0.2, -0.15) is 0 Å². The first kappa shape index (κ1) is 14.7. The molecule has 0 aromatic carbocycles. The van der Waals surface area contributed by atoms with E-state index < -0.39 is 10.5 Å². The molecular formula is C10H7Cl3FN3OS. The van der Waals surface area contributed by atoms with Crippen LogP contribution >= 0.6 is 47.0 Å². The Bertz CT molecular complexity index is 661. The van der Waals surface area contributed by atoms with E-state index in [4.69, 9.17) is 47.0 Å². The van der Waals surface area contributed by atoms with Crippen molar-refractivity contribution in [3.63, 3.8) is 0 Å². The summed E-state index contributed by atoms with van der Waals surface area (Å²) in [4.78, 5) is 10.7. The molecule has 1 heterocycles. The predicted molar refractivity (Wildman–Crippen MR) is 77.4 cm³/mol. The highest BCUT2D eigenvalue weighted by atomic mass is 35.5. The van der Waals surface area contributed by atoms with Crippen LogP contribution in [-0.2, 0) is 0 Å². The van der Waals surface area contributed by atoms with Crippen LogP contribution in [0, 0.1) is 5.92 Å². The van der Waals surface area contributed by atoms with Crippen molar-refractivity contribution in [3.05, 3.63) is 33.5 Å². The van der Waals surface area contributed by atoms with Crippen LogP contribution in [0.1, 0.15) is 17.6 Å². The Morgan fingerprint density at radius 3 is 2.68 bits per heavy atom. The van der Waals surface area contributed by atoms with Crippen LogP contribution in [0.4, 0.5) is 4.48 Å². The zero-order valence-electron chi connectivity index (χ0n) is 9.48. The third kappa shape index (κ3) is 2.50. The maximum Gasteiger partial charge on any atom is 0.379 e. The van der Waals surface area contributed by atoms with Gasteiger partial charge in [0.25, 0.3) is 0 Å². The molecule has 2 rings (SSSR count). The third-order valence-electron chi connectivity index (χ3n) is 2.69. The normalized spacial score (nSPS) is 19.7. The van der Waals surface area contributed by atoms with Gasteiger partial charge in [0.1, 0.15) is 0 Å². The number of hydrogen-bond acceptors (Lipinski definition) is 3. The van der Waals surface area contributed by atoms with Crippen LogP contribution in [-0.4, -0.2) is 19.4 Å². The minimum Gasteiger partial charge on any atom is -0.246 e. The number of nitrogens with zero attached hydrogens (tertiary/aromatic N) is 3. The number of aromatic nitrogens is 3. The van der Waals surface area contributed by atoms with Crippen LogP contribution in [0.25, 0.3) is 5.70 Å². The van der Waals surface area contributed by atoms with Crippen LogP contribution in [0.2, 0.25) is 0 Å². The molecule has 0 spiro atoms. The molecule has 0 fully saturated rings. The van der Waals surface area contributed by atoms with Gasteiger partial charge >= 0.3 is 5.69 Å². The Hall–Kier alpha value is -0.690. The van der Waals surface area contributed by atoms with E-state index in [1.54, 1.807) is 13.0 Å². The molecule has 102 valence electrons. The smallest absolute Gasteiger partial charge is 0.246 e.